The summed E-state index contributed by atoms with van der Waals surface area (Å²) in [5.74, 6) is 0.621. The van der Waals surface area contributed by atoms with Crippen molar-refractivity contribution < 1.29 is 9.53 Å². The molecular formula is C14H23N3O2S. The summed E-state index contributed by atoms with van der Waals surface area (Å²) in [6.07, 6.45) is 2.78. The normalized spacial score (nSPS) is 11.2. The zero-order chi connectivity index (χ0) is 15.2. The number of hydrogen-bond acceptors (Lipinski definition) is 6. The number of ether oxygens (including phenoxy) is 1. The molecule has 0 aromatic carbocycles. The molecule has 0 atom stereocenters. The molecule has 5 nitrogen and oxygen atoms in total. The van der Waals surface area contributed by atoms with E-state index >= 15 is 0 Å². The van der Waals surface area contributed by atoms with Gasteiger partial charge in [0.05, 0.1) is 5.75 Å². The van der Waals surface area contributed by atoms with E-state index in [1.807, 2.05) is 27.7 Å². The number of carbonyl (C=O) groups is 1. The quantitative estimate of drug-likeness (QED) is 0.494. The highest BCUT2D eigenvalue weighted by molar-refractivity contribution is 7.99. The van der Waals surface area contributed by atoms with Crippen LogP contribution in [-0.2, 0) is 9.53 Å². The average Bonchev–Trinajstić information content (AvgIpc) is 2.34. The van der Waals surface area contributed by atoms with Gasteiger partial charge >= 0.3 is 5.97 Å². The molecule has 0 aliphatic rings. The molecule has 6 heteroatoms. The van der Waals surface area contributed by atoms with Crippen LogP contribution in [0.15, 0.2) is 11.2 Å². The fraction of sp³-hybridized carbons (Fsp3) is 0.643. The van der Waals surface area contributed by atoms with E-state index in [0.29, 0.717) is 5.95 Å². The maximum absolute atomic E-state index is 11.7. The molecule has 0 spiro atoms. The van der Waals surface area contributed by atoms with Crippen molar-refractivity contribution in [1.82, 2.24) is 9.97 Å². The monoisotopic (exact) mass is 297 g/mol. The summed E-state index contributed by atoms with van der Waals surface area (Å²) in [7, 11) is 0. The Morgan fingerprint density at radius 2 is 2.15 bits per heavy atom. The molecule has 0 saturated heterocycles. The maximum Gasteiger partial charge on any atom is 0.316 e. The first-order valence-corrected chi connectivity index (χ1v) is 7.72. The van der Waals surface area contributed by atoms with Crippen LogP contribution in [0.5, 0.6) is 0 Å². The Morgan fingerprint density at radius 3 is 2.75 bits per heavy atom. The molecule has 0 amide bonds. The van der Waals surface area contributed by atoms with E-state index < -0.39 is 5.60 Å². The van der Waals surface area contributed by atoms with Gasteiger partial charge in [-0.2, -0.15) is 0 Å². The lowest BCUT2D eigenvalue weighted by Crippen LogP contribution is -2.25. The molecule has 0 unspecified atom stereocenters. The summed E-state index contributed by atoms with van der Waals surface area (Å²) in [4.78, 5) is 20.3. The summed E-state index contributed by atoms with van der Waals surface area (Å²) in [5, 5.41) is 3.95. The Hall–Kier alpha value is -1.30. The van der Waals surface area contributed by atoms with Crippen LogP contribution in [-0.4, -0.2) is 33.8 Å². The Morgan fingerprint density at radius 1 is 1.45 bits per heavy atom. The predicted molar refractivity (Wildman–Crippen MR) is 82.1 cm³/mol. The lowest BCUT2D eigenvalue weighted by molar-refractivity contribution is -0.151. The summed E-state index contributed by atoms with van der Waals surface area (Å²) < 4.78 is 5.28. The zero-order valence-corrected chi connectivity index (χ0v) is 13.6. The molecule has 1 aromatic heterocycles. The lowest BCUT2D eigenvalue weighted by atomic mass is 10.2. The summed E-state index contributed by atoms with van der Waals surface area (Å²) >= 11 is 1.38. The van der Waals surface area contributed by atoms with Crippen LogP contribution >= 0.6 is 11.8 Å². The van der Waals surface area contributed by atoms with Gasteiger partial charge in [0.15, 0.2) is 0 Å². The summed E-state index contributed by atoms with van der Waals surface area (Å²) in [6, 6.07) is 0. The number of nitrogens with zero attached hydrogens (tertiary/aromatic N) is 2. The molecule has 1 rings (SSSR count). The number of anilines is 1. The number of rotatable bonds is 6. The molecule has 0 bridgehead atoms. The fourth-order valence-corrected chi connectivity index (χ4v) is 2.14. The fourth-order valence-electron chi connectivity index (χ4n) is 1.39. The lowest BCUT2D eigenvalue weighted by Gasteiger charge is -2.19. The first-order chi connectivity index (χ1) is 9.31. The van der Waals surface area contributed by atoms with Gasteiger partial charge in [-0.3, -0.25) is 4.79 Å². The molecule has 1 N–H and O–H groups in total. The van der Waals surface area contributed by atoms with Crippen LogP contribution in [0, 0.1) is 6.92 Å². The van der Waals surface area contributed by atoms with Gasteiger partial charge in [0.2, 0.25) is 5.95 Å². The van der Waals surface area contributed by atoms with E-state index in [9.17, 15) is 4.79 Å². The smallest absolute Gasteiger partial charge is 0.316 e. The van der Waals surface area contributed by atoms with Gasteiger partial charge in [0.25, 0.3) is 0 Å². The van der Waals surface area contributed by atoms with E-state index in [1.165, 1.54) is 11.8 Å². The molecule has 112 valence electrons. The Balaban J connectivity index is 2.60. The molecule has 1 heterocycles. The minimum atomic E-state index is -0.452. The van der Waals surface area contributed by atoms with Gasteiger partial charge in [-0.15, -0.1) is 0 Å². The zero-order valence-electron chi connectivity index (χ0n) is 12.8. The van der Waals surface area contributed by atoms with E-state index in [2.05, 4.69) is 22.2 Å². The highest BCUT2D eigenvalue weighted by Crippen LogP contribution is 2.21. The third-order valence-electron chi connectivity index (χ3n) is 2.21. The van der Waals surface area contributed by atoms with Crippen molar-refractivity contribution in [3.63, 3.8) is 0 Å². The predicted octanol–water partition coefficient (Wildman–Crippen LogP) is 3.04. The minimum absolute atomic E-state index is 0.233. The van der Waals surface area contributed by atoms with Crippen LogP contribution < -0.4 is 5.32 Å². The average molecular weight is 297 g/mol. The number of aromatic nitrogens is 2. The van der Waals surface area contributed by atoms with E-state index in [-0.39, 0.29) is 11.7 Å². The van der Waals surface area contributed by atoms with Gasteiger partial charge < -0.3 is 10.1 Å². The largest absolute Gasteiger partial charge is 0.459 e. The SMILES string of the molecule is CCCNc1ncc(C)c(SCC(=O)OC(C)(C)C)n1. The van der Waals surface area contributed by atoms with Crippen LogP contribution in [0.3, 0.4) is 0 Å². The summed E-state index contributed by atoms with van der Waals surface area (Å²) in [6.45, 7) is 10.4. The number of hydrogen-bond donors (Lipinski definition) is 1. The van der Waals surface area contributed by atoms with Gasteiger partial charge in [-0.1, -0.05) is 18.7 Å². The molecule has 0 fully saturated rings. The van der Waals surface area contributed by atoms with Crippen molar-refractivity contribution in [2.45, 2.75) is 51.7 Å². The van der Waals surface area contributed by atoms with Gasteiger partial charge in [0.1, 0.15) is 10.6 Å². The van der Waals surface area contributed by atoms with Gasteiger partial charge in [-0.05, 0) is 39.7 Å². The first-order valence-electron chi connectivity index (χ1n) is 6.74. The van der Waals surface area contributed by atoms with Crippen molar-refractivity contribution in [3.05, 3.63) is 11.8 Å². The molecule has 0 aliphatic heterocycles. The maximum atomic E-state index is 11.7. The minimum Gasteiger partial charge on any atom is -0.459 e. The molecule has 0 radical (unpaired) electrons. The van der Waals surface area contributed by atoms with Crippen LogP contribution in [0.4, 0.5) is 5.95 Å². The summed E-state index contributed by atoms with van der Waals surface area (Å²) in [5.41, 5.74) is 0.507. The topological polar surface area (TPSA) is 64.1 Å². The number of aryl methyl sites for hydroxylation is 1. The molecular weight excluding hydrogens is 274 g/mol. The Bertz CT molecular complexity index is 458. The van der Waals surface area contributed by atoms with Crippen molar-refractivity contribution in [1.29, 1.82) is 0 Å². The second-order valence-electron chi connectivity index (χ2n) is 5.48. The van der Waals surface area contributed by atoms with Crippen LogP contribution in [0.25, 0.3) is 0 Å². The van der Waals surface area contributed by atoms with E-state index in [1.54, 1.807) is 6.20 Å². The first kappa shape index (κ1) is 16.8. The van der Waals surface area contributed by atoms with E-state index in [0.717, 1.165) is 23.6 Å². The van der Waals surface area contributed by atoms with Gasteiger partial charge in [-0.25, -0.2) is 9.97 Å². The van der Waals surface area contributed by atoms with Crippen molar-refractivity contribution >= 4 is 23.7 Å². The Kier molecular flexibility index (Phi) is 6.26. The number of carbonyl (C=O) groups excluding carboxylic acids is 1. The van der Waals surface area contributed by atoms with Gasteiger partial charge in [0, 0.05) is 12.7 Å². The number of esters is 1. The highest BCUT2D eigenvalue weighted by Gasteiger charge is 2.17. The molecule has 0 saturated carbocycles. The highest BCUT2D eigenvalue weighted by atomic mass is 32.2. The molecule has 20 heavy (non-hydrogen) atoms. The third-order valence-corrected chi connectivity index (χ3v) is 3.27. The Labute approximate surface area is 124 Å². The standard InChI is InChI=1S/C14H23N3O2S/c1-6-7-15-13-16-8-10(2)12(17-13)20-9-11(18)19-14(3,4)5/h8H,6-7,9H2,1-5H3,(H,15,16,17). The molecule has 1 aromatic rings. The number of thioether (sulfide) groups is 1. The molecule has 0 aliphatic carbocycles. The van der Waals surface area contributed by atoms with Crippen LogP contribution in [0.2, 0.25) is 0 Å². The van der Waals surface area contributed by atoms with Crippen molar-refractivity contribution in [2.75, 3.05) is 17.6 Å². The third kappa shape index (κ3) is 6.23. The van der Waals surface area contributed by atoms with E-state index in [4.69, 9.17) is 4.74 Å². The second-order valence-corrected chi connectivity index (χ2v) is 6.45. The van der Waals surface area contributed by atoms with Crippen LogP contribution in [0.1, 0.15) is 39.7 Å². The second kappa shape index (κ2) is 7.47. The van der Waals surface area contributed by atoms with Crippen molar-refractivity contribution in [2.24, 2.45) is 0 Å². The number of nitrogens with one attached hydrogen (secondary N) is 1. The van der Waals surface area contributed by atoms with Crippen molar-refractivity contribution in [3.8, 4) is 0 Å².